The molecule has 0 aliphatic rings. The van der Waals surface area contributed by atoms with E-state index in [-0.39, 0.29) is 0 Å². The van der Waals surface area contributed by atoms with Gasteiger partial charge in [-0.15, -0.1) is 11.3 Å². The zero-order chi connectivity index (χ0) is 35.6. The summed E-state index contributed by atoms with van der Waals surface area (Å²) in [5.74, 6) is 0. The van der Waals surface area contributed by atoms with E-state index in [1.807, 2.05) is 11.3 Å². The maximum absolute atomic E-state index is 5.38. The number of hydrogen-bond donors (Lipinski definition) is 0. The van der Waals surface area contributed by atoms with Gasteiger partial charge >= 0.3 is 0 Å². The fourth-order valence-corrected chi connectivity index (χ4v) is 9.67. The Morgan fingerprint density at radius 1 is 0.370 bits per heavy atom. The van der Waals surface area contributed by atoms with Crippen molar-refractivity contribution < 1.29 is 0 Å². The van der Waals surface area contributed by atoms with Gasteiger partial charge in [0.1, 0.15) is 0 Å². The van der Waals surface area contributed by atoms with Crippen LogP contribution in [0.25, 0.3) is 103 Å². The van der Waals surface area contributed by atoms with Gasteiger partial charge in [-0.25, -0.2) is 4.98 Å². The number of benzene rings is 8. The van der Waals surface area contributed by atoms with Crippen molar-refractivity contribution in [3.63, 3.8) is 0 Å². The van der Waals surface area contributed by atoms with E-state index in [0.717, 1.165) is 28.1 Å². The summed E-state index contributed by atoms with van der Waals surface area (Å²) >= 11 is 1.91. The lowest BCUT2D eigenvalue weighted by molar-refractivity contribution is 1.18. The highest BCUT2D eigenvalue weighted by Crippen LogP contribution is 2.46. The summed E-state index contributed by atoms with van der Waals surface area (Å²) < 4.78 is 5.02. The smallest absolute Gasteiger partial charge is 0.0721 e. The Bertz CT molecular complexity index is 3190. The highest BCUT2D eigenvalue weighted by Gasteiger charge is 2.20. The molecule has 3 heteroatoms. The van der Waals surface area contributed by atoms with Crippen molar-refractivity contribution in [2.24, 2.45) is 0 Å². The number of thiophene rings is 1. The van der Waals surface area contributed by atoms with Crippen LogP contribution in [0, 0.1) is 0 Å². The summed E-state index contributed by atoms with van der Waals surface area (Å²) in [6, 6.07) is 70.1. The lowest BCUT2D eigenvalue weighted by Crippen LogP contribution is -1.92. The van der Waals surface area contributed by atoms with Gasteiger partial charge in [-0.1, -0.05) is 158 Å². The van der Waals surface area contributed by atoms with E-state index < -0.39 is 0 Å². The number of aromatic nitrogens is 2. The second-order valence-corrected chi connectivity index (χ2v) is 14.9. The fourth-order valence-electron chi connectivity index (χ4n) is 8.28. The summed E-state index contributed by atoms with van der Waals surface area (Å²) in [5, 5.41) is 7.57. The number of hydrogen-bond acceptors (Lipinski definition) is 2. The van der Waals surface area contributed by atoms with Gasteiger partial charge in [0.15, 0.2) is 0 Å². The Hall–Kier alpha value is -6.81. The van der Waals surface area contributed by atoms with Crippen LogP contribution in [0.5, 0.6) is 0 Å². The first-order valence-corrected chi connectivity index (χ1v) is 19.2. The number of nitrogens with zero attached hydrogens (tertiary/aromatic N) is 2. The van der Waals surface area contributed by atoms with Gasteiger partial charge in [0.05, 0.1) is 22.4 Å². The molecule has 3 heterocycles. The Labute approximate surface area is 316 Å². The van der Waals surface area contributed by atoms with Gasteiger partial charge < -0.3 is 4.57 Å². The molecular formula is C51H32N2S. The summed E-state index contributed by atoms with van der Waals surface area (Å²) in [5.41, 5.74) is 12.6. The molecule has 0 saturated carbocycles. The molecule has 11 aromatic rings. The minimum absolute atomic E-state index is 0.960. The van der Waals surface area contributed by atoms with Crippen LogP contribution in [0.1, 0.15) is 0 Å². The minimum atomic E-state index is 0.960. The standard InChI is InChI=1S/C51H32N2S/c1-3-13-33(14-4-1)34-25-27-36(28-26-34)45-31-37(32-46(52-45)41-22-11-16-35-15-7-8-19-39(35)41)40-21-12-23-42-43-29-30-48-49(51(43)54-50(40)42)44-20-9-10-24-47(44)53(48)38-17-5-2-6-18-38/h1-32H. The number of para-hydroxylation sites is 2. The van der Waals surface area contributed by atoms with Gasteiger partial charge in [-0.2, -0.15) is 0 Å². The average molecular weight is 705 g/mol. The Balaban J connectivity index is 1.15. The molecule has 0 unspecified atom stereocenters. The molecule has 0 bridgehead atoms. The molecule has 0 aliphatic heterocycles. The van der Waals surface area contributed by atoms with Gasteiger partial charge in [0, 0.05) is 47.8 Å². The molecule has 11 rings (SSSR count). The quantitative estimate of drug-likeness (QED) is 0.174. The van der Waals surface area contributed by atoms with E-state index >= 15 is 0 Å². The number of pyridine rings is 1. The number of fused-ring (bicyclic) bond motifs is 8. The first kappa shape index (κ1) is 30.8. The average Bonchev–Trinajstić information content (AvgIpc) is 3.80. The van der Waals surface area contributed by atoms with Crippen molar-refractivity contribution in [1.82, 2.24) is 9.55 Å². The minimum Gasteiger partial charge on any atom is -0.309 e. The number of rotatable bonds is 5. The van der Waals surface area contributed by atoms with Crippen LogP contribution in [0.2, 0.25) is 0 Å². The predicted octanol–water partition coefficient (Wildman–Crippen LogP) is 14.4. The first-order chi connectivity index (χ1) is 26.8. The maximum atomic E-state index is 5.38. The lowest BCUT2D eigenvalue weighted by atomic mass is 9.96. The van der Waals surface area contributed by atoms with Gasteiger partial charge in [0.2, 0.25) is 0 Å². The van der Waals surface area contributed by atoms with Crippen molar-refractivity contribution in [3.8, 4) is 50.5 Å². The van der Waals surface area contributed by atoms with Crippen LogP contribution < -0.4 is 0 Å². The molecule has 0 amide bonds. The first-order valence-electron chi connectivity index (χ1n) is 18.4. The normalized spacial score (nSPS) is 11.7. The largest absolute Gasteiger partial charge is 0.309 e. The van der Waals surface area contributed by atoms with E-state index in [1.54, 1.807) is 0 Å². The molecular weight excluding hydrogens is 673 g/mol. The monoisotopic (exact) mass is 704 g/mol. The Kier molecular flexibility index (Phi) is 7.07. The van der Waals surface area contributed by atoms with Crippen molar-refractivity contribution in [3.05, 3.63) is 194 Å². The van der Waals surface area contributed by atoms with Crippen molar-refractivity contribution in [1.29, 1.82) is 0 Å². The molecule has 54 heavy (non-hydrogen) atoms. The highest BCUT2D eigenvalue weighted by molar-refractivity contribution is 7.27. The Morgan fingerprint density at radius 3 is 1.83 bits per heavy atom. The summed E-state index contributed by atoms with van der Waals surface area (Å²) in [6.45, 7) is 0. The van der Waals surface area contributed by atoms with Crippen LogP contribution in [0.4, 0.5) is 0 Å². The molecule has 0 fully saturated rings. The van der Waals surface area contributed by atoms with E-state index in [9.17, 15) is 0 Å². The third kappa shape index (κ3) is 4.90. The van der Waals surface area contributed by atoms with Crippen LogP contribution in [0.3, 0.4) is 0 Å². The fraction of sp³-hybridized carbons (Fsp3) is 0. The SMILES string of the molecule is c1ccc(-c2ccc(-c3cc(-c4cccc5c4sc4c5ccc5c4c4ccccc4n5-c4ccccc4)cc(-c4cccc5ccccc45)n3)cc2)cc1. The molecule has 0 N–H and O–H groups in total. The third-order valence-corrected chi connectivity index (χ3v) is 12.1. The third-order valence-electron chi connectivity index (χ3n) is 10.8. The molecule has 0 aliphatic carbocycles. The molecule has 0 atom stereocenters. The molecule has 0 spiro atoms. The maximum Gasteiger partial charge on any atom is 0.0721 e. The van der Waals surface area contributed by atoms with E-state index in [2.05, 4.69) is 199 Å². The van der Waals surface area contributed by atoms with Gasteiger partial charge in [0.25, 0.3) is 0 Å². The molecule has 0 saturated heterocycles. The van der Waals surface area contributed by atoms with Crippen LogP contribution in [0.15, 0.2) is 194 Å². The van der Waals surface area contributed by atoms with Crippen molar-refractivity contribution >= 4 is 64.1 Å². The summed E-state index contributed by atoms with van der Waals surface area (Å²) in [6.07, 6.45) is 0. The summed E-state index contributed by atoms with van der Waals surface area (Å²) in [4.78, 5) is 5.38. The predicted molar refractivity (Wildman–Crippen MR) is 231 cm³/mol. The lowest BCUT2D eigenvalue weighted by Gasteiger charge is -2.13. The molecule has 2 nitrogen and oxygen atoms in total. The molecule has 3 aromatic heterocycles. The topological polar surface area (TPSA) is 17.8 Å². The second-order valence-electron chi connectivity index (χ2n) is 13.9. The zero-order valence-corrected chi connectivity index (χ0v) is 30.1. The van der Waals surface area contributed by atoms with Gasteiger partial charge in [-0.05, 0) is 69.4 Å². The zero-order valence-electron chi connectivity index (χ0n) is 29.3. The second kappa shape index (κ2) is 12.4. The van der Waals surface area contributed by atoms with Crippen molar-refractivity contribution in [2.75, 3.05) is 0 Å². The summed E-state index contributed by atoms with van der Waals surface area (Å²) in [7, 11) is 0. The molecule has 0 radical (unpaired) electrons. The molecule has 8 aromatic carbocycles. The van der Waals surface area contributed by atoms with Gasteiger partial charge in [-0.3, -0.25) is 0 Å². The highest BCUT2D eigenvalue weighted by atomic mass is 32.1. The van der Waals surface area contributed by atoms with Crippen LogP contribution in [-0.4, -0.2) is 9.55 Å². The Morgan fingerprint density at radius 2 is 0.981 bits per heavy atom. The van der Waals surface area contributed by atoms with E-state index in [0.29, 0.717) is 0 Å². The molecule has 252 valence electrons. The van der Waals surface area contributed by atoms with E-state index in [1.165, 1.54) is 75.1 Å². The van der Waals surface area contributed by atoms with E-state index in [4.69, 9.17) is 4.98 Å². The van der Waals surface area contributed by atoms with Crippen LogP contribution in [-0.2, 0) is 0 Å². The van der Waals surface area contributed by atoms with Crippen LogP contribution >= 0.6 is 11.3 Å². The van der Waals surface area contributed by atoms with Crippen molar-refractivity contribution in [2.45, 2.75) is 0 Å².